The number of anilines is 2. The highest BCUT2D eigenvalue weighted by Gasteiger charge is 2.40. The Bertz CT molecular complexity index is 3830. The van der Waals surface area contributed by atoms with Gasteiger partial charge in [0.15, 0.2) is 12.2 Å². The van der Waals surface area contributed by atoms with E-state index in [1.165, 1.54) is 24.3 Å². The summed E-state index contributed by atoms with van der Waals surface area (Å²) in [5.74, 6) is 0.131. The lowest BCUT2D eigenvalue weighted by atomic mass is 9.82. The summed E-state index contributed by atoms with van der Waals surface area (Å²) in [4.78, 5) is 49.5. The van der Waals surface area contributed by atoms with Crippen molar-refractivity contribution in [3.8, 4) is 45.4 Å². The van der Waals surface area contributed by atoms with Gasteiger partial charge < -0.3 is 39.0 Å². The number of aliphatic carboxylic acids is 2. The third-order valence-electron chi connectivity index (χ3n) is 17.0. The van der Waals surface area contributed by atoms with Gasteiger partial charge >= 0.3 is 11.9 Å². The Morgan fingerprint density at radius 3 is 1.30 bits per heavy atom. The zero-order valence-corrected chi connectivity index (χ0v) is 55.9. The molecular formula is C74H90F2N8O8. The number of halogens is 2. The van der Waals surface area contributed by atoms with Gasteiger partial charge in [-0.2, -0.15) is 0 Å². The molecule has 2 atom stereocenters. The minimum absolute atomic E-state index is 0.184. The number of aryl methyl sites for hydroxylation is 4. The predicted molar refractivity (Wildman–Crippen MR) is 357 cm³/mol. The Balaban J connectivity index is 0.000000217. The highest BCUT2D eigenvalue weighted by molar-refractivity contribution is 5.92. The summed E-state index contributed by atoms with van der Waals surface area (Å²) in [6.45, 7) is 31.9. The number of imidazole rings is 2. The van der Waals surface area contributed by atoms with Crippen LogP contribution in [-0.2, 0) is 31.9 Å². The second kappa shape index (κ2) is 28.2. The molecule has 0 unspecified atom stereocenters. The molecule has 0 amide bonds. The molecule has 2 fully saturated rings. The number of aromatic nitrogens is 6. The molecule has 2 aliphatic heterocycles. The van der Waals surface area contributed by atoms with E-state index in [-0.39, 0.29) is 22.5 Å². The van der Waals surface area contributed by atoms with Gasteiger partial charge in [-0.3, -0.25) is 9.13 Å². The van der Waals surface area contributed by atoms with Crippen LogP contribution in [0, 0.1) is 50.2 Å². The molecule has 488 valence electrons. The Morgan fingerprint density at radius 1 is 0.565 bits per heavy atom. The second-order valence-corrected chi connectivity index (χ2v) is 27.8. The quantitative estimate of drug-likeness (QED) is 0.0736. The molecule has 10 rings (SSSR count). The molecule has 4 aromatic carbocycles. The van der Waals surface area contributed by atoms with Gasteiger partial charge in [-0.15, -0.1) is 0 Å². The molecule has 0 saturated carbocycles. The Morgan fingerprint density at radius 2 is 0.957 bits per heavy atom. The number of rotatable bonds is 20. The maximum Gasteiger partial charge on any atom is 0.337 e. The van der Waals surface area contributed by atoms with Crippen molar-refractivity contribution in [3.63, 3.8) is 0 Å². The first-order valence-corrected chi connectivity index (χ1v) is 31.8. The van der Waals surface area contributed by atoms with Crippen LogP contribution in [0.3, 0.4) is 0 Å². The number of hydrogen-bond donors (Lipinski definition) is 2. The molecule has 4 aromatic heterocycles. The topological polar surface area (TPSA) is 179 Å². The summed E-state index contributed by atoms with van der Waals surface area (Å²) >= 11 is 0. The maximum absolute atomic E-state index is 13.3. The molecule has 18 heteroatoms. The van der Waals surface area contributed by atoms with Crippen molar-refractivity contribution in [3.05, 3.63) is 179 Å². The summed E-state index contributed by atoms with van der Waals surface area (Å²) in [6, 6.07) is 28.5. The van der Waals surface area contributed by atoms with E-state index in [0.29, 0.717) is 71.7 Å². The fraction of sp³-hybridized carbons (Fsp3) is 0.432. The fourth-order valence-corrected chi connectivity index (χ4v) is 11.8. The molecule has 0 aliphatic carbocycles. The summed E-state index contributed by atoms with van der Waals surface area (Å²) in [5.41, 5.74) is 10.1. The predicted octanol–water partition coefficient (Wildman–Crippen LogP) is 15.8. The number of nitrogens with zero attached hydrogens (tertiary/aromatic N) is 8. The van der Waals surface area contributed by atoms with Crippen LogP contribution in [-0.4, -0.2) is 102 Å². The van der Waals surface area contributed by atoms with Gasteiger partial charge in [-0.1, -0.05) is 76.2 Å². The van der Waals surface area contributed by atoms with E-state index in [1.807, 2.05) is 133 Å². The summed E-state index contributed by atoms with van der Waals surface area (Å²) in [6.07, 6.45) is 9.93. The zero-order valence-electron chi connectivity index (χ0n) is 55.9. The number of carboxylic acids is 2. The van der Waals surface area contributed by atoms with Crippen LogP contribution in [0.25, 0.3) is 33.9 Å². The third kappa shape index (κ3) is 17.0. The van der Waals surface area contributed by atoms with Gasteiger partial charge in [0, 0.05) is 90.7 Å². The van der Waals surface area contributed by atoms with Gasteiger partial charge in [0.05, 0.1) is 41.5 Å². The van der Waals surface area contributed by atoms with Crippen molar-refractivity contribution in [1.29, 1.82) is 0 Å². The van der Waals surface area contributed by atoms with Gasteiger partial charge in [-0.25, -0.2) is 38.3 Å². The number of benzene rings is 4. The molecule has 8 aromatic rings. The Labute approximate surface area is 540 Å². The van der Waals surface area contributed by atoms with Crippen molar-refractivity contribution in [2.24, 2.45) is 10.8 Å². The molecule has 92 heavy (non-hydrogen) atoms. The maximum atomic E-state index is 13.3. The van der Waals surface area contributed by atoms with Crippen LogP contribution in [0.1, 0.15) is 152 Å². The van der Waals surface area contributed by atoms with Crippen LogP contribution in [0.4, 0.5) is 20.2 Å². The first-order chi connectivity index (χ1) is 43.4. The molecule has 2 aliphatic rings. The van der Waals surface area contributed by atoms with Crippen LogP contribution < -0.4 is 19.3 Å². The lowest BCUT2D eigenvalue weighted by Crippen LogP contribution is -2.39. The van der Waals surface area contributed by atoms with E-state index >= 15 is 0 Å². The van der Waals surface area contributed by atoms with Gasteiger partial charge in [-0.05, 0) is 177 Å². The Hall–Kier alpha value is -8.48. The third-order valence-corrected chi connectivity index (χ3v) is 17.0. The molecule has 2 saturated heterocycles. The van der Waals surface area contributed by atoms with Gasteiger partial charge in [0.2, 0.25) is 0 Å². The smallest absolute Gasteiger partial charge is 0.337 e. The molecule has 0 bridgehead atoms. The summed E-state index contributed by atoms with van der Waals surface area (Å²) in [7, 11) is 0. The average molecular weight is 1260 g/mol. The number of ether oxygens (including phenoxy) is 4. The molecule has 0 radical (unpaired) electrons. The second-order valence-electron chi connectivity index (χ2n) is 27.8. The lowest BCUT2D eigenvalue weighted by Gasteiger charge is -2.41. The normalized spacial score (nSPS) is 15.5. The van der Waals surface area contributed by atoms with Crippen LogP contribution >= 0.6 is 0 Å². The van der Waals surface area contributed by atoms with Crippen molar-refractivity contribution in [2.75, 3.05) is 49.2 Å². The zero-order chi connectivity index (χ0) is 66.5. The highest BCUT2D eigenvalue weighted by Crippen LogP contribution is 2.49. The van der Waals surface area contributed by atoms with E-state index in [2.05, 4.69) is 47.5 Å². The van der Waals surface area contributed by atoms with E-state index in [0.717, 1.165) is 108 Å². The standard InChI is InChI=1S/2C37H45FN4O4/c1-24-22-42(23-39-24)34-31(27-10-14-29(15-11-27)45-21-16-26-8-12-28(38)13-9-26)32(41-19-17-37(6,7)18-20-41)30(25(2)40-34)33(35(43)44)46-36(3,4)5;1-24-22-39-23-42(24)34-31(27-10-14-29(15-11-27)45-21-16-26-8-12-28(38)13-9-26)32(41-19-17-37(6,7)18-20-41)30(25(2)40-34)33(35(43)44)46-36(3,4)5/h2*8-15,22-23,33H,16-21H2,1-7H3,(H,43,44)/t2*33-/m00/s1. The molecule has 16 nitrogen and oxygen atoms in total. The van der Waals surface area contributed by atoms with E-state index in [4.69, 9.17) is 28.9 Å². The van der Waals surface area contributed by atoms with Crippen molar-refractivity contribution < 1.29 is 47.5 Å². The molecule has 0 spiro atoms. The van der Waals surface area contributed by atoms with Crippen molar-refractivity contribution in [2.45, 2.75) is 159 Å². The van der Waals surface area contributed by atoms with E-state index in [9.17, 15) is 28.6 Å². The number of piperidine rings is 2. The highest BCUT2D eigenvalue weighted by atomic mass is 19.1. The van der Waals surface area contributed by atoms with Crippen LogP contribution in [0.5, 0.6) is 11.5 Å². The van der Waals surface area contributed by atoms with Crippen LogP contribution in [0.2, 0.25) is 0 Å². The van der Waals surface area contributed by atoms with Crippen molar-refractivity contribution >= 4 is 23.3 Å². The largest absolute Gasteiger partial charge is 0.493 e. The first-order valence-electron chi connectivity index (χ1n) is 31.8. The molecule has 6 heterocycles. The fourth-order valence-electron chi connectivity index (χ4n) is 11.8. The number of carboxylic acid groups (broad SMARTS) is 2. The van der Waals surface area contributed by atoms with Crippen molar-refractivity contribution in [1.82, 2.24) is 29.1 Å². The van der Waals surface area contributed by atoms with Crippen LogP contribution in [0.15, 0.2) is 122 Å². The minimum Gasteiger partial charge on any atom is -0.493 e. The van der Waals surface area contributed by atoms with Gasteiger partial charge in [0.25, 0.3) is 0 Å². The molecular weight excluding hydrogens is 1170 g/mol. The number of pyridine rings is 2. The number of hydrogen-bond acceptors (Lipinski definition) is 12. The Kier molecular flexibility index (Phi) is 20.8. The first kappa shape index (κ1) is 67.9. The summed E-state index contributed by atoms with van der Waals surface area (Å²) < 4.78 is 55.1. The van der Waals surface area contributed by atoms with Gasteiger partial charge in [0.1, 0.15) is 47.4 Å². The lowest BCUT2D eigenvalue weighted by molar-refractivity contribution is -0.161. The average Bonchev–Trinajstić information content (AvgIpc) is 1.04. The van der Waals surface area contributed by atoms with E-state index < -0.39 is 35.3 Å². The van der Waals surface area contributed by atoms with E-state index in [1.54, 1.807) is 43.1 Å². The SMILES string of the molecule is Cc1cn(-c2nc(C)c([C@H](OC(C)(C)C)C(=O)O)c(N3CCC(C)(C)CC3)c2-c2ccc(OCCc3ccc(F)cc3)cc2)cn1.Cc1nc(-n2cncc2C)c(-c2ccc(OCCc3ccc(F)cc3)cc2)c(N2CCC(C)(C)CC2)c1[C@H](OC(C)(C)C)C(=O)O. The summed E-state index contributed by atoms with van der Waals surface area (Å²) in [5, 5.41) is 21.1. The monoisotopic (exact) mass is 1260 g/mol. The number of carbonyl (C=O) groups is 2. The molecule has 2 N–H and O–H groups in total. The minimum atomic E-state index is -1.22.